The third-order valence-electron chi connectivity index (χ3n) is 3.19. The maximum atomic E-state index is 5.82. The summed E-state index contributed by atoms with van der Waals surface area (Å²) in [5.74, 6) is 1.34. The molecule has 0 aliphatic rings. The van der Waals surface area contributed by atoms with Gasteiger partial charge in [-0.3, -0.25) is 4.99 Å². The van der Waals surface area contributed by atoms with Crippen molar-refractivity contribution in [2.24, 2.45) is 10.7 Å². The lowest BCUT2D eigenvalue weighted by Crippen LogP contribution is -2.34. The van der Waals surface area contributed by atoms with Crippen LogP contribution in [0, 0.1) is 6.92 Å². The minimum atomic E-state index is 0.462. The number of hydrogen-bond donors (Lipinski definition) is 2. The van der Waals surface area contributed by atoms with Crippen molar-refractivity contribution in [3.63, 3.8) is 0 Å². The van der Waals surface area contributed by atoms with Gasteiger partial charge in [-0.25, -0.2) is 0 Å². The number of aryl methyl sites for hydroxylation is 1. The molecule has 0 unspecified atom stereocenters. The van der Waals surface area contributed by atoms with E-state index >= 15 is 0 Å². The second-order valence-corrected chi connectivity index (χ2v) is 5.09. The Morgan fingerprint density at radius 3 is 2.73 bits per heavy atom. The number of guanidine groups is 1. The minimum Gasteiger partial charge on any atom is -0.492 e. The molecule has 4 nitrogen and oxygen atoms in total. The Balaban J connectivity index is 1.63. The molecule has 0 aliphatic carbocycles. The molecule has 0 heterocycles. The van der Waals surface area contributed by atoms with Crippen molar-refractivity contribution in [3.8, 4) is 5.75 Å². The van der Waals surface area contributed by atoms with Gasteiger partial charge in [0.2, 0.25) is 0 Å². The summed E-state index contributed by atoms with van der Waals surface area (Å²) in [6, 6.07) is 18.2. The molecule has 0 aliphatic heterocycles. The van der Waals surface area contributed by atoms with Crippen molar-refractivity contribution < 1.29 is 4.74 Å². The fraction of sp³-hybridized carbons (Fsp3) is 0.278. The van der Waals surface area contributed by atoms with Crippen LogP contribution in [0.25, 0.3) is 0 Å². The number of aliphatic imine (C=N–C) groups is 1. The Hall–Kier alpha value is -2.49. The fourth-order valence-electron chi connectivity index (χ4n) is 2.06. The summed E-state index contributed by atoms with van der Waals surface area (Å²) < 4.78 is 5.64. The molecule has 2 aromatic carbocycles. The first kappa shape index (κ1) is 15.9. The highest BCUT2D eigenvalue weighted by Gasteiger charge is 1.95. The monoisotopic (exact) mass is 297 g/mol. The molecular formula is C18H23N3O. The summed E-state index contributed by atoms with van der Waals surface area (Å²) in [6.45, 7) is 3.91. The van der Waals surface area contributed by atoms with Gasteiger partial charge in [-0.15, -0.1) is 0 Å². The molecule has 0 bridgehead atoms. The van der Waals surface area contributed by atoms with Crippen LogP contribution in [0.2, 0.25) is 0 Å². The van der Waals surface area contributed by atoms with Crippen LogP contribution in [0.4, 0.5) is 0 Å². The fourth-order valence-corrected chi connectivity index (χ4v) is 2.06. The first-order valence-corrected chi connectivity index (χ1v) is 7.51. The van der Waals surface area contributed by atoms with Gasteiger partial charge in [0.1, 0.15) is 12.4 Å². The molecule has 2 aromatic rings. The Morgan fingerprint density at radius 1 is 1.14 bits per heavy atom. The van der Waals surface area contributed by atoms with Gasteiger partial charge in [-0.2, -0.15) is 0 Å². The molecule has 3 N–H and O–H groups in total. The van der Waals surface area contributed by atoms with Crippen LogP contribution < -0.4 is 15.8 Å². The van der Waals surface area contributed by atoms with E-state index in [-0.39, 0.29) is 0 Å². The van der Waals surface area contributed by atoms with Crippen molar-refractivity contribution in [2.45, 2.75) is 13.3 Å². The molecule has 0 atom stereocenters. The molecule has 0 saturated heterocycles. The van der Waals surface area contributed by atoms with Crippen molar-refractivity contribution in [1.29, 1.82) is 0 Å². The molecule has 0 aromatic heterocycles. The number of benzene rings is 2. The maximum Gasteiger partial charge on any atom is 0.188 e. The second-order valence-electron chi connectivity index (χ2n) is 5.09. The first-order valence-electron chi connectivity index (χ1n) is 7.51. The second kappa shape index (κ2) is 8.72. The summed E-state index contributed by atoms with van der Waals surface area (Å²) in [7, 11) is 0. The van der Waals surface area contributed by atoms with Crippen molar-refractivity contribution in [3.05, 3.63) is 65.7 Å². The number of hydrogen-bond acceptors (Lipinski definition) is 2. The molecule has 22 heavy (non-hydrogen) atoms. The van der Waals surface area contributed by atoms with Gasteiger partial charge in [0.05, 0.1) is 6.54 Å². The lowest BCUT2D eigenvalue weighted by molar-refractivity contribution is 0.322. The van der Waals surface area contributed by atoms with Gasteiger partial charge < -0.3 is 15.8 Å². The summed E-state index contributed by atoms with van der Waals surface area (Å²) in [4.78, 5) is 4.31. The molecule has 4 heteroatoms. The van der Waals surface area contributed by atoms with E-state index in [1.807, 2.05) is 49.4 Å². The van der Waals surface area contributed by atoms with E-state index in [1.165, 1.54) is 11.1 Å². The van der Waals surface area contributed by atoms with Crippen LogP contribution in [-0.4, -0.2) is 25.7 Å². The van der Waals surface area contributed by atoms with E-state index < -0.39 is 0 Å². The zero-order chi connectivity index (χ0) is 15.6. The van der Waals surface area contributed by atoms with Gasteiger partial charge in [0, 0.05) is 6.54 Å². The topological polar surface area (TPSA) is 59.6 Å². The highest BCUT2D eigenvalue weighted by molar-refractivity contribution is 5.77. The van der Waals surface area contributed by atoms with Crippen LogP contribution in [0.1, 0.15) is 11.1 Å². The average Bonchev–Trinajstić information content (AvgIpc) is 2.53. The smallest absolute Gasteiger partial charge is 0.188 e. The van der Waals surface area contributed by atoms with Crippen LogP contribution in [0.3, 0.4) is 0 Å². The SMILES string of the molecule is Cc1cccc(OCCNC(N)=NCCc2ccccc2)c1. The third kappa shape index (κ3) is 5.87. The number of rotatable bonds is 7. The Labute approximate surface area is 132 Å². The zero-order valence-corrected chi connectivity index (χ0v) is 13.0. The summed E-state index contributed by atoms with van der Waals surface area (Å²) in [6.07, 6.45) is 0.892. The van der Waals surface area contributed by atoms with E-state index in [9.17, 15) is 0 Å². The van der Waals surface area contributed by atoms with Crippen LogP contribution >= 0.6 is 0 Å². The molecule has 0 amide bonds. The average molecular weight is 297 g/mol. The molecule has 2 rings (SSSR count). The molecule has 116 valence electrons. The standard InChI is InChI=1S/C18H23N3O/c1-15-6-5-9-17(14-15)22-13-12-21-18(19)20-11-10-16-7-3-2-4-8-16/h2-9,14H,10-13H2,1H3,(H3,19,20,21). The van der Waals surface area contributed by atoms with E-state index in [4.69, 9.17) is 10.5 Å². The number of nitrogens with zero attached hydrogens (tertiary/aromatic N) is 1. The predicted molar refractivity (Wildman–Crippen MR) is 91.3 cm³/mol. The summed E-state index contributed by atoms with van der Waals surface area (Å²) in [5, 5.41) is 3.06. The predicted octanol–water partition coefficient (Wildman–Crippen LogP) is 2.52. The third-order valence-corrected chi connectivity index (χ3v) is 3.19. The number of ether oxygens (including phenoxy) is 1. The van der Waals surface area contributed by atoms with Crippen molar-refractivity contribution in [2.75, 3.05) is 19.7 Å². The lowest BCUT2D eigenvalue weighted by atomic mass is 10.2. The van der Waals surface area contributed by atoms with E-state index in [0.717, 1.165) is 12.2 Å². The van der Waals surface area contributed by atoms with Crippen molar-refractivity contribution in [1.82, 2.24) is 5.32 Å². The Kier molecular flexibility index (Phi) is 6.30. The molecule has 0 radical (unpaired) electrons. The minimum absolute atomic E-state index is 0.462. The molecule has 0 saturated carbocycles. The van der Waals surface area contributed by atoms with Gasteiger partial charge in [0.15, 0.2) is 5.96 Å². The van der Waals surface area contributed by atoms with Gasteiger partial charge in [0.25, 0.3) is 0 Å². The lowest BCUT2D eigenvalue weighted by Gasteiger charge is -2.08. The first-order chi connectivity index (χ1) is 10.7. The van der Waals surface area contributed by atoms with Crippen LogP contribution in [0.5, 0.6) is 5.75 Å². The Morgan fingerprint density at radius 2 is 1.95 bits per heavy atom. The normalized spacial score (nSPS) is 11.2. The van der Waals surface area contributed by atoms with Gasteiger partial charge in [-0.05, 0) is 36.6 Å². The molecule has 0 fully saturated rings. The quantitative estimate of drug-likeness (QED) is 0.469. The van der Waals surface area contributed by atoms with Crippen molar-refractivity contribution >= 4 is 5.96 Å². The summed E-state index contributed by atoms with van der Waals surface area (Å²) >= 11 is 0. The van der Waals surface area contributed by atoms with Crippen LogP contribution in [-0.2, 0) is 6.42 Å². The number of nitrogens with one attached hydrogen (secondary N) is 1. The molecule has 0 spiro atoms. The van der Waals surface area contributed by atoms with Gasteiger partial charge >= 0.3 is 0 Å². The largest absolute Gasteiger partial charge is 0.492 e. The highest BCUT2D eigenvalue weighted by atomic mass is 16.5. The van der Waals surface area contributed by atoms with E-state index in [1.54, 1.807) is 0 Å². The van der Waals surface area contributed by atoms with Gasteiger partial charge in [-0.1, -0.05) is 42.5 Å². The molecular weight excluding hydrogens is 274 g/mol. The van der Waals surface area contributed by atoms with Crippen LogP contribution in [0.15, 0.2) is 59.6 Å². The highest BCUT2D eigenvalue weighted by Crippen LogP contribution is 2.11. The van der Waals surface area contributed by atoms with E-state index in [0.29, 0.717) is 25.7 Å². The Bertz CT molecular complexity index is 596. The maximum absolute atomic E-state index is 5.82. The van der Waals surface area contributed by atoms with E-state index in [2.05, 4.69) is 22.4 Å². The summed E-state index contributed by atoms with van der Waals surface area (Å²) in [5.41, 5.74) is 8.28. The number of nitrogens with two attached hydrogens (primary N) is 1. The zero-order valence-electron chi connectivity index (χ0n) is 13.0.